The predicted octanol–water partition coefficient (Wildman–Crippen LogP) is 3.59. The van der Waals surface area contributed by atoms with Crippen LogP contribution in [-0.2, 0) is 19.7 Å². The molecule has 2 aliphatic rings. The minimum absolute atomic E-state index is 0.0597. The van der Waals surface area contributed by atoms with Gasteiger partial charge in [-0.15, -0.1) is 0 Å². The van der Waals surface area contributed by atoms with Crippen LogP contribution >= 0.6 is 0 Å². The third kappa shape index (κ3) is 5.08. The highest BCUT2D eigenvalue weighted by Gasteiger charge is 2.44. The van der Waals surface area contributed by atoms with Crippen molar-refractivity contribution in [2.24, 2.45) is 0 Å². The quantitative estimate of drug-likeness (QED) is 0.745. The molecule has 1 saturated heterocycles. The molecule has 0 radical (unpaired) electrons. The molecule has 1 N–H and O–H groups in total. The van der Waals surface area contributed by atoms with E-state index in [0.29, 0.717) is 32.0 Å². The molecule has 0 unspecified atom stereocenters. The molecule has 2 fully saturated rings. The van der Waals surface area contributed by atoms with Crippen LogP contribution in [0.1, 0.15) is 57.9 Å². The number of amides is 2. The van der Waals surface area contributed by atoms with Crippen LogP contribution in [0, 0.1) is 0 Å². The summed E-state index contributed by atoms with van der Waals surface area (Å²) >= 11 is 0. The molecule has 1 aromatic rings. The summed E-state index contributed by atoms with van der Waals surface area (Å²) < 4.78 is 5.94. The highest BCUT2D eigenvalue weighted by molar-refractivity contribution is 5.90. The number of likely N-dealkylation sites (tertiary alicyclic amines) is 1. The number of carbonyl (C=O) groups is 2. The van der Waals surface area contributed by atoms with E-state index >= 15 is 0 Å². The Hall–Kier alpha value is -2.14. The van der Waals surface area contributed by atoms with Crippen molar-refractivity contribution in [1.82, 2.24) is 10.2 Å². The molecule has 29 heavy (non-hydrogen) atoms. The second kappa shape index (κ2) is 9.57. The number of hydrogen-bond donors (Lipinski definition) is 1. The Morgan fingerprint density at radius 1 is 1.14 bits per heavy atom. The molecule has 1 saturated carbocycles. The number of rotatable bonds is 6. The molecule has 0 atom stereocenters. The molecule has 2 amide bonds. The summed E-state index contributed by atoms with van der Waals surface area (Å²) in [6.07, 6.45) is 7.06. The average molecular weight is 399 g/mol. The van der Waals surface area contributed by atoms with Crippen LogP contribution in [-0.4, -0.2) is 48.1 Å². The van der Waals surface area contributed by atoms with Gasteiger partial charge in [0, 0.05) is 19.1 Å². The zero-order chi connectivity index (χ0) is 20.9. The van der Waals surface area contributed by atoms with Crippen LogP contribution in [0.2, 0.25) is 0 Å². The van der Waals surface area contributed by atoms with Gasteiger partial charge in [-0.3, -0.25) is 9.59 Å². The van der Waals surface area contributed by atoms with Crippen LogP contribution < -0.4 is 5.32 Å². The number of hydrogen-bond acceptors (Lipinski definition) is 3. The molecule has 1 aliphatic heterocycles. The van der Waals surface area contributed by atoms with Crippen LogP contribution in [0.5, 0.6) is 0 Å². The third-order valence-corrected chi connectivity index (χ3v) is 6.34. The molecular weight excluding hydrogens is 364 g/mol. The Kier molecular flexibility index (Phi) is 7.12. The van der Waals surface area contributed by atoms with Gasteiger partial charge in [-0.1, -0.05) is 36.9 Å². The Morgan fingerprint density at radius 2 is 1.76 bits per heavy atom. The average Bonchev–Trinajstić information content (AvgIpc) is 2.75. The van der Waals surface area contributed by atoms with Crippen LogP contribution in [0.3, 0.4) is 0 Å². The summed E-state index contributed by atoms with van der Waals surface area (Å²) in [6.45, 7) is 8.87. The van der Waals surface area contributed by atoms with E-state index in [2.05, 4.69) is 25.7 Å². The van der Waals surface area contributed by atoms with Gasteiger partial charge in [-0.25, -0.2) is 0 Å². The van der Waals surface area contributed by atoms with E-state index in [1.165, 1.54) is 6.08 Å². The number of benzene rings is 1. The van der Waals surface area contributed by atoms with Crippen LogP contribution in [0.25, 0.3) is 0 Å². The molecule has 0 spiro atoms. The summed E-state index contributed by atoms with van der Waals surface area (Å²) in [5.74, 6) is 0.0400. The van der Waals surface area contributed by atoms with Crippen molar-refractivity contribution in [1.29, 1.82) is 0 Å². The van der Waals surface area contributed by atoms with E-state index < -0.39 is 5.41 Å². The third-order valence-electron chi connectivity index (χ3n) is 6.34. The molecule has 5 heteroatoms. The Morgan fingerprint density at radius 3 is 2.31 bits per heavy atom. The fourth-order valence-corrected chi connectivity index (χ4v) is 4.69. The Labute approximate surface area is 174 Å². The fraction of sp³-hybridized carbons (Fsp3) is 0.583. The lowest BCUT2D eigenvalue weighted by atomic mass is 9.71. The second-order valence-electron chi connectivity index (χ2n) is 8.61. The summed E-state index contributed by atoms with van der Waals surface area (Å²) in [6, 6.07) is 10.2. The van der Waals surface area contributed by atoms with Crippen molar-refractivity contribution >= 4 is 11.8 Å². The minimum Gasteiger partial charge on any atom is -0.376 e. The van der Waals surface area contributed by atoms with Gasteiger partial charge in [-0.05, 0) is 64.0 Å². The first-order valence-corrected chi connectivity index (χ1v) is 10.9. The first-order chi connectivity index (χ1) is 13.9. The van der Waals surface area contributed by atoms with Gasteiger partial charge in [-0.2, -0.15) is 0 Å². The van der Waals surface area contributed by atoms with Gasteiger partial charge in [0.2, 0.25) is 11.8 Å². The van der Waals surface area contributed by atoms with E-state index in [0.717, 1.165) is 31.2 Å². The van der Waals surface area contributed by atoms with Crippen molar-refractivity contribution in [3.05, 3.63) is 48.6 Å². The topological polar surface area (TPSA) is 58.6 Å². The molecule has 1 heterocycles. The summed E-state index contributed by atoms with van der Waals surface area (Å²) in [5.41, 5.74) is 0.463. The fourth-order valence-electron chi connectivity index (χ4n) is 4.69. The zero-order valence-corrected chi connectivity index (χ0v) is 17.7. The predicted molar refractivity (Wildman–Crippen MR) is 115 cm³/mol. The molecule has 0 aromatic heterocycles. The molecule has 3 rings (SSSR count). The van der Waals surface area contributed by atoms with Crippen molar-refractivity contribution in [3.63, 3.8) is 0 Å². The number of piperidine rings is 1. The number of carbonyl (C=O) groups excluding carboxylic acids is 2. The van der Waals surface area contributed by atoms with Crippen LogP contribution in [0.4, 0.5) is 0 Å². The van der Waals surface area contributed by atoms with Gasteiger partial charge in [0.1, 0.15) is 0 Å². The first kappa shape index (κ1) is 21.6. The maximum absolute atomic E-state index is 13.5. The van der Waals surface area contributed by atoms with Crippen molar-refractivity contribution in [2.45, 2.75) is 76.0 Å². The molecule has 1 aromatic carbocycles. The maximum atomic E-state index is 13.5. The van der Waals surface area contributed by atoms with Gasteiger partial charge in [0.15, 0.2) is 0 Å². The lowest BCUT2D eigenvalue weighted by Gasteiger charge is -2.42. The zero-order valence-electron chi connectivity index (χ0n) is 17.7. The van der Waals surface area contributed by atoms with Gasteiger partial charge in [0.05, 0.1) is 17.6 Å². The van der Waals surface area contributed by atoms with Crippen molar-refractivity contribution in [2.75, 3.05) is 13.1 Å². The summed E-state index contributed by atoms with van der Waals surface area (Å²) in [5, 5.41) is 3.34. The highest BCUT2D eigenvalue weighted by Crippen LogP contribution is 2.36. The number of nitrogens with one attached hydrogen (secondary N) is 1. The Bertz CT molecular complexity index is 700. The van der Waals surface area contributed by atoms with E-state index in [9.17, 15) is 9.59 Å². The maximum Gasteiger partial charge on any atom is 0.245 e. The lowest BCUT2D eigenvalue weighted by Crippen LogP contribution is -2.55. The smallest absolute Gasteiger partial charge is 0.245 e. The van der Waals surface area contributed by atoms with E-state index in [4.69, 9.17) is 4.74 Å². The first-order valence-electron chi connectivity index (χ1n) is 10.9. The molecule has 0 bridgehead atoms. The lowest BCUT2D eigenvalue weighted by molar-refractivity contribution is -0.134. The largest absolute Gasteiger partial charge is 0.376 e. The van der Waals surface area contributed by atoms with E-state index in [-0.39, 0.29) is 24.0 Å². The van der Waals surface area contributed by atoms with Gasteiger partial charge < -0.3 is 15.0 Å². The second-order valence-corrected chi connectivity index (χ2v) is 8.61. The summed E-state index contributed by atoms with van der Waals surface area (Å²) in [7, 11) is 0. The molecule has 5 nitrogen and oxygen atoms in total. The number of nitrogens with zero attached hydrogens (tertiary/aromatic N) is 1. The molecule has 158 valence electrons. The van der Waals surface area contributed by atoms with E-state index in [1.807, 2.05) is 30.3 Å². The SMILES string of the molecule is C=CC(=O)N1CCC(C(=O)NC2CCC(OC(C)C)CC2)(c2ccccc2)CC1. The summed E-state index contributed by atoms with van der Waals surface area (Å²) in [4.78, 5) is 27.3. The van der Waals surface area contributed by atoms with Gasteiger partial charge >= 0.3 is 0 Å². The van der Waals surface area contributed by atoms with Crippen molar-refractivity contribution < 1.29 is 14.3 Å². The van der Waals surface area contributed by atoms with E-state index in [1.54, 1.807) is 4.90 Å². The normalized spacial score (nSPS) is 24.2. The molecular formula is C24H34N2O3. The highest BCUT2D eigenvalue weighted by atomic mass is 16.5. The van der Waals surface area contributed by atoms with Crippen molar-refractivity contribution in [3.8, 4) is 0 Å². The minimum atomic E-state index is -0.579. The van der Waals surface area contributed by atoms with Crippen LogP contribution in [0.15, 0.2) is 43.0 Å². The standard InChI is InChI=1S/C24H34N2O3/c1-4-22(27)26-16-14-24(15-17-26,19-8-6-5-7-9-19)23(28)25-20-10-12-21(13-11-20)29-18(2)3/h4-9,18,20-21H,1,10-17H2,2-3H3,(H,25,28). The molecule has 1 aliphatic carbocycles. The monoisotopic (exact) mass is 398 g/mol. The number of ether oxygens (including phenoxy) is 1. The Balaban J connectivity index is 1.68. The van der Waals surface area contributed by atoms with Gasteiger partial charge in [0.25, 0.3) is 0 Å².